The first-order valence-electron chi connectivity index (χ1n) is 7.72. The molecule has 2 unspecified atom stereocenters. The van der Waals surface area contributed by atoms with Gasteiger partial charge in [0, 0.05) is 23.0 Å². The molecule has 0 aliphatic carbocycles. The number of aryl methyl sites for hydroxylation is 1. The number of aliphatic hydroxyl groups excluding tert-OH is 1. The summed E-state index contributed by atoms with van der Waals surface area (Å²) in [6.07, 6.45) is -0.568. The largest absolute Gasteiger partial charge is 0.389 e. The van der Waals surface area contributed by atoms with Crippen LogP contribution in [0.15, 0.2) is 35.7 Å². The smallest absolute Gasteiger partial charge is 0.0900 e. The molecule has 0 bridgehead atoms. The van der Waals surface area contributed by atoms with Crippen molar-refractivity contribution in [3.63, 3.8) is 0 Å². The van der Waals surface area contributed by atoms with Gasteiger partial charge in [0.1, 0.15) is 0 Å². The molecule has 0 fully saturated rings. The molecule has 3 nitrogen and oxygen atoms in total. The number of hydrogen-bond donors (Lipinski definition) is 1. The van der Waals surface area contributed by atoms with Crippen molar-refractivity contribution in [2.45, 2.75) is 32.6 Å². The van der Waals surface area contributed by atoms with Crippen molar-refractivity contribution in [1.29, 1.82) is 0 Å². The van der Waals surface area contributed by atoms with Crippen molar-refractivity contribution in [2.24, 2.45) is 0 Å². The first-order chi connectivity index (χ1) is 11.0. The lowest BCUT2D eigenvalue weighted by Crippen LogP contribution is -2.32. The molecule has 0 radical (unpaired) electrons. The quantitative estimate of drug-likeness (QED) is 0.768. The molecule has 23 heavy (non-hydrogen) atoms. The Morgan fingerprint density at radius 3 is 2.57 bits per heavy atom. The Balaban J connectivity index is 1.74. The monoisotopic (exact) mass is 353 g/mol. The number of hydrogen-bond acceptors (Lipinski definition) is 4. The maximum absolute atomic E-state index is 10.2. The summed E-state index contributed by atoms with van der Waals surface area (Å²) in [5.41, 5.74) is 2.37. The molecule has 2 aromatic rings. The Bertz CT molecular complexity index is 599. The average Bonchev–Trinajstić information content (AvgIpc) is 2.90. The van der Waals surface area contributed by atoms with Crippen LogP contribution < -0.4 is 0 Å². The summed E-state index contributed by atoms with van der Waals surface area (Å²) in [4.78, 5) is 3.47. The lowest BCUT2D eigenvalue weighted by atomic mass is 10.1. The van der Waals surface area contributed by atoms with Crippen molar-refractivity contribution in [3.8, 4) is 0 Å². The SMILES string of the molecule is Cc1ccsc1CN(C)CC(O)COC(C)c1ccc(Cl)cc1. The van der Waals surface area contributed by atoms with E-state index in [-0.39, 0.29) is 6.10 Å². The van der Waals surface area contributed by atoms with Crippen LogP contribution in [0.5, 0.6) is 0 Å². The fourth-order valence-corrected chi connectivity index (χ4v) is 3.48. The van der Waals surface area contributed by atoms with Gasteiger partial charge in [-0.25, -0.2) is 0 Å². The van der Waals surface area contributed by atoms with Crippen LogP contribution in [0.3, 0.4) is 0 Å². The van der Waals surface area contributed by atoms with Crippen LogP contribution in [0.1, 0.15) is 29.0 Å². The summed E-state index contributed by atoms with van der Waals surface area (Å²) >= 11 is 7.64. The normalized spacial score (nSPS) is 14.2. The Hall–Kier alpha value is -0.910. The van der Waals surface area contributed by atoms with E-state index in [1.807, 2.05) is 38.2 Å². The van der Waals surface area contributed by atoms with Crippen molar-refractivity contribution in [3.05, 3.63) is 56.7 Å². The Kier molecular flexibility index (Phi) is 7.06. The van der Waals surface area contributed by atoms with Crippen molar-refractivity contribution in [2.75, 3.05) is 20.2 Å². The van der Waals surface area contributed by atoms with Crippen LogP contribution in [-0.2, 0) is 11.3 Å². The zero-order valence-corrected chi connectivity index (χ0v) is 15.4. The van der Waals surface area contributed by atoms with Crippen LogP contribution in [0.4, 0.5) is 0 Å². The Labute approximate surface area is 147 Å². The van der Waals surface area contributed by atoms with E-state index in [1.165, 1.54) is 10.4 Å². The molecule has 0 amide bonds. The molecule has 1 N–H and O–H groups in total. The van der Waals surface area contributed by atoms with Crippen LogP contribution in [0.2, 0.25) is 5.02 Å². The minimum absolute atomic E-state index is 0.0632. The lowest BCUT2D eigenvalue weighted by Gasteiger charge is -2.22. The molecule has 0 aliphatic heterocycles. The highest BCUT2D eigenvalue weighted by Crippen LogP contribution is 2.20. The van der Waals surface area contributed by atoms with Crippen LogP contribution in [0, 0.1) is 6.92 Å². The number of nitrogens with zero attached hydrogens (tertiary/aromatic N) is 1. The molecular weight excluding hydrogens is 330 g/mol. The summed E-state index contributed by atoms with van der Waals surface area (Å²) < 4.78 is 5.77. The minimum Gasteiger partial charge on any atom is -0.389 e. The zero-order chi connectivity index (χ0) is 16.8. The van der Waals surface area contributed by atoms with Gasteiger partial charge in [-0.1, -0.05) is 23.7 Å². The highest BCUT2D eigenvalue weighted by Gasteiger charge is 2.13. The molecule has 0 aliphatic rings. The predicted octanol–water partition coefficient (Wildman–Crippen LogP) is 4.28. The molecule has 126 valence electrons. The first kappa shape index (κ1) is 18.4. The Morgan fingerprint density at radius 1 is 1.26 bits per heavy atom. The zero-order valence-electron chi connectivity index (χ0n) is 13.8. The van der Waals surface area contributed by atoms with Gasteiger partial charge in [0.2, 0.25) is 0 Å². The van der Waals surface area contributed by atoms with Gasteiger partial charge in [0.15, 0.2) is 0 Å². The molecule has 0 spiro atoms. The third kappa shape index (κ3) is 5.90. The van der Waals surface area contributed by atoms with E-state index in [4.69, 9.17) is 16.3 Å². The highest BCUT2D eigenvalue weighted by atomic mass is 35.5. The summed E-state index contributed by atoms with van der Waals surface area (Å²) in [5.74, 6) is 0. The standard InChI is InChI=1S/C18H24ClNO2S/c1-13-8-9-23-18(13)11-20(3)10-17(21)12-22-14(2)15-4-6-16(19)7-5-15/h4-9,14,17,21H,10-12H2,1-3H3. The summed E-state index contributed by atoms with van der Waals surface area (Å²) in [6.45, 7) is 5.86. The highest BCUT2D eigenvalue weighted by molar-refractivity contribution is 7.10. The van der Waals surface area contributed by atoms with Crippen molar-refractivity contribution in [1.82, 2.24) is 4.90 Å². The van der Waals surface area contributed by atoms with Gasteiger partial charge in [-0.3, -0.25) is 4.90 Å². The maximum atomic E-state index is 10.2. The molecule has 2 atom stereocenters. The van der Waals surface area contributed by atoms with Gasteiger partial charge in [-0.15, -0.1) is 11.3 Å². The second-order valence-electron chi connectivity index (χ2n) is 5.90. The summed E-state index contributed by atoms with van der Waals surface area (Å²) in [5, 5.41) is 13.0. The second kappa shape index (κ2) is 8.81. The molecule has 1 aromatic heterocycles. The van der Waals surface area contributed by atoms with Gasteiger partial charge in [-0.2, -0.15) is 0 Å². The van der Waals surface area contributed by atoms with Gasteiger partial charge < -0.3 is 9.84 Å². The summed E-state index contributed by atoms with van der Waals surface area (Å²) in [6, 6.07) is 9.73. The molecule has 0 saturated heterocycles. The van der Waals surface area contributed by atoms with Gasteiger partial charge in [-0.05, 0) is 55.6 Å². The number of ether oxygens (including phenoxy) is 1. The number of benzene rings is 1. The molecule has 2 rings (SSSR count). The van der Waals surface area contributed by atoms with Crippen LogP contribution >= 0.6 is 22.9 Å². The Morgan fingerprint density at radius 2 is 1.96 bits per heavy atom. The predicted molar refractivity (Wildman–Crippen MR) is 97.2 cm³/mol. The number of aliphatic hydroxyl groups is 1. The fourth-order valence-electron chi connectivity index (χ4n) is 2.37. The first-order valence-corrected chi connectivity index (χ1v) is 8.98. The average molecular weight is 354 g/mol. The summed E-state index contributed by atoms with van der Waals surface area (Å²) in [7, 11) is 2.02. The van der Waals surface area contributed by atoms with E-state index in [0.29, 0.717) is 18.2 Å². The third-order valence-corrected chi connectivity index (χ3v) is 5.04. The molecule has 0 saturated carbocycles. The van der Waals surface area contributed by atoms with Crippen LogP contribution in [-0.4, -0.2) is 36.3 Å². The van der Waals surface area contributed by atoms with E-state index in [2.05, 4.69) is 23.3 Å². The molecule has 1 aromatic carbocycles. The second-order valence-corrected chi connectivity index (χ2v) is 7.34. The van der Waals surface area contributed by atoms with E-state index in [9.17, 15) is 5.11 Å². The number of rotatable bonds is 8. The van der Waals surface area contributed by atoms with Gasteiger partial charge in [0.25, 0.3) is 0 Å². The molecule has 5 heteroatoms. The number of thiophene rings is 1. The molecule has 1 heterocycles. The number of halogens is 1. The maximum Gasteiger partial charge on any atom is 0.0900 e. The van der Waals surface area contributed by atoms with E-state index >= 15 is 0 Å². The van der Waals surface area contributed by atoms with E-state index < -0.39 is 6.10 Å². The molecular formula is C18H24ClNO2S. The van der Waals surface area contributed by atoms with Gasteiger partial charge in [0.05, 0.1) is 18.8 Å². The third-order valence-electron chi connectivity index (χ3n) is 3.78. The van der Waals surface area contributed by atoms with Crippen molar-refractivity contribution < 1.29 is 9.84 Å². The van der Waals surface area contributed by atoms with E-state index in [1.54, 1.807) is 11.3 Å². The van der Waals surface area contributed by atoms with Crippen molar-refractivity contribution >= 4 is 22.9 Å². The fraction of sp³-hybridized carbons (Fsp3) is 0.444. The van der Waals surface area contributed by atoms with E-state index in [0.717, 1.165) is 12.1 Å². The topological polar surface area (TPSA) is 32.7 Å². The van der Waals surface area contributed by atoms with Crippen LogP contribution in [0.25, 0.3) is 0 Å². The minimum atomic E-state index is -0.505. The van der Waals surface area contributed by atoms with Gasteiger partial charge >= 0.3 is 0 Å². The number of likely N-dealkylation sites (N-methyl/N-ethyl adjacent to an activating group) is 1. The lowest BCUT2D eigenvalue weighted by molar-refractivity contribution is -0.0137.